The molecule has 0 unspecified atom stereocenters. The van der Waals surface area contributed by atoms with Crippen molar-refractivity contribution in [3.63, 3.8) is 0 Å². The van der Waals surface area contributed by atoms with Crippen LogP contribution in [0.1, 0.15) is 10.4 Å². The molecular formula is C14H9Cl3N2O2S. The molecule has 114 valence electrons. The van der Waals surface area contributed by atoms with Gasteiger partial charge >= 0.3 is 0 Å². The molecular weight excluding hydrogens is 367 g/mol. The highest BCUT2D eigenvalue weighted by atomic mass is 35.5. The Morgan fingerprint density at radius 3 is 2.36 bits per heavy atom. The fourth-order valence-electron chi connectivity index (χ4n) is 1.61. The number of amides is 1. The Labute approximate surface area is 147 Å². The molecule has 22 heavy (non-hydrogen) atoms. The monoisotopic (exact) mass is 374 g/mol. The standard InChI is InChI=1S/C14H9Cl3N2O2S/c15-7-1-3-9(10(17)5-7)13(21)19-14(22)18-11-6-8(16)2-4-12(11)20/h1-6,20H,(H2,18,19,21,22). The fraction of sp³-hybridized carbons (Fsp3) is 0. The zero-order chi connectivity index (χ0) is 16.3. The molecule has 0 saturated heterocycles. The quantitative estimate of drug-likeness (QED) is 0.535. The van der Waals surface area contributed by atoms with Crippen molar-refractivity contribution in [2.24, 2.45) is 0 Å². The number of phenolic OH excluding ortho intramolecular Hbond substituents is 1. The number of carbonyl (C=O) groups excluding carboxylic acids is 1. The summed E-state index contributed by atoms with van der Waals surface area (Å²) in [6.45, 7) is 0. The molecule has 0 aromatic heterocycles. The van der Waals surface area contributed by atoms with Crippen LogP contribution >= 0.6 is 47.0 Å². The van der Waals surface area contributed by atoms with Gasteiger partial charge in [-0.3, -0.25) is 10.1 Å². The maximum atomic E-state index is 12.1. The van der Waals surface area contributed by atoms with E-state index in [1.165, 1.54) is 30.3 Å². The second kappa shape index (κ2) is 7.15. The van der Waals surface area contributed by atoms with E-state index in [0.717, 1.165) is 0 Å². The average Bonchev–Trinajstić information content (AvgIpc) is 2.42. The van der Waals surface area contributed by atoms with Crippen molar-refractivity contribution in [1.82, 2.24) is 5.32 Å². The van der Waals surface area contributed by atoms with Crippen LogP contribution < -0.4 is 10.6 Å². The van der Waals surface area contributed by atoms with Gasteiger partial charge < -0.3 is 10.4 Å². The third-order valence-electron chi connectivity index (χ3n) is 2.61. The van der Waals surface area contributed by atoms with E-state index in [9.17, 15) is 9.90 Å². The molecule has 2 rings (SSSR count). The van der Waals surface area contributed by atoms with Crippen LogP contribution in [0.3, 0.4) is 0 Å². The number of anilines is 1. The van der Waals surface area contributed by atoms with Crippen LogP contribution in [0.2, 0.25) is 15.1 Å². The Bertz CT molecular complexity index is 753. The molecule has 0 aliphatic carbocycles. The Morgan fingerprint density at radius 2 is 1.68 bits per heavy atom. The van der Waals surface area contributed by atoms with E-state index in [0.29, 0.717) is 10.0 Å². The van der Waals surface area contributed by atoms with Crippen molar-refractivity contribution in [3.05, 3.63) is 57.0 Å². The van der Waals surface area contributed by atoms with Crippen LogP contribution in [-0.4, -0.2) is 16.1 Å². The zero-order valence-electron chi connectivity index (χ0n) is 10.9. The van der Waals surface area contributed by atoms with Gasteiger partial charge in [-0.2, -0.15) is 0 Å². The minimum absolute atomic E-state index is 0.00594. The predicted octanol–water partition coefficient (Wildman–Crippen LogP) is 4.48. The van der Waals surface area contributed by atoms with Gasteiger partial charge in [-0.1, -0.05) is 34.8 Å². The lowest BCUT2D eigenvalue weighted by Gasteiger charge is -2.11. The number of hydrogen-bond donors (Lipinski definition) is 3. The first-order valence-electron chi connectivity index (χ1n) is 5.92. The summed E-state index contributed by atoms with van der Waals surface area (Å²) in [5.41, 5.74) is 0.505. The van der Waals surface area contributed by atoms with Crippen LogP contribution in [0, 0.1) is 0 Å². The first-order chi connectivity index (χ1) is 10.4. The van der Waals surface area contributed by atoms with E-state index in [4.69, 9.17) is 47.0 Å². The summed E-state index contributed by atoms with van der Waals surface area (Å²) in [7, 11) is 0. The first kappa shape index (κ1) is 16.8. The van der Waals surface area contributed by atoms with E-state index in [-0.39, 0.29) is 27.1 Å². The molecule has 4 nitrogen and oxygen atoms in total. The van der Waals surface area contributed by atoms with E-state index in [2.05, 4.69) is 10.6 Å². The first-order valence-corrected chi connectivity index (χ1v) is 7.47. The normalized spacial score (nSPS) is 10.1. The van der Waals surface area contributed by atoms with Crippen molar-refractivity contribution in [2.45, 2.75) is 0 Å². The van der Waals surface area contributed by atoms with Gasteiger partial charge in [-0.25, -0.2) is 0 Å². The Morgan fingerprint density at radius 1 is 1.05 bits per heavy atom. The van der Waals surface area contributed by atoms with Crippen molar-refractivity contribution in [1.29, 1.82) is 0 Å². The van der Waals surface area contributed by atoms with Crippen molar-refractivity contribution >= 4 is 63.7 Å². The van der Waals surface area contributed by atoms with Gasteiger partial charge in [0.05, 0.1) is 16.3 Å². The number of carbonyl (C=O) groups is 1. The number of benzene rings is 2. The third kappa shape index (κ3) is 4.24. The second-order valence-electron chi connectivity index (χ2n) is 4.19. The lowest BCUT2D eigenvalue weighted by molar-refractivity contribution is 0.0978. The number of hydrogen-bond acceptors (Lipinski definition) is 3. The van der Waals surface area contributed by atoms with Crippen LogP contribution in [-0.2, 0) is 0 Å². The highest BCUT2D eigenvalue weighted by Crippen LogP contribution is 2.26. The summed E-state index contributed by atoms with van der Waals surface area (Å²) in [6, 6.07) is 8.89. The SMILES string of the molecule is O=C(NC(=S)Nc1cc(Cl)ccc1O)c1ccc(Cl)cc1Cl. The molecule has 3 N–H and O–H groups in total. The topological polar surface area (TPSA) is 61.4 Å². The largest absolute Gasteiger partial charge is 0.506 e. The van der Waals surface area contributed by atoms with Crippen LogP contribution in [0.25, 0.3) is 0 Å². The van der Waals surface area contributed by atoms with Gasteiger partial charge in [0.15, 0.2) is 5.11 Å². The van der Waals surface area contributed by atoms with Crippen molar-refractivity contribution in [3.8, 4) is 5.75 Å². The molecule has 0 saturated carbocycles. The molecule has 0 fully saturated rings. The van der Waals surface area contributed by atoms with E-state index < -0.39 is 5.91 Å². The summed E-state index contributed by atoms with van der Waals surface area (Å²) in [4.78, 5) is 12.1. The van der Waals surface area contributed by atoms with Crippen LogP contribution in [0.4, 0.5) is 5.69 Å². The molecule has 2 aromatic carbocycles. The zero-order valence-corrected chi connectivity index (χ0v) is 13.9. The lowest BCUT2D eigenvalue weighted by Crippen LogP contribution is -2.34. The van der Waals surface area contributed by atoms with Crippen LogP contribution in [0.15, 0.2) is 36.4 Å². The summed E-state index contributed by atoms with van der Waals surface area (Å²) >= 11 is 22.6. The van der Waals surface area contributed by atoms with Gasteiger partial charge in [0.1, 0.15) is 5.75 Å². The van der Waals surface area contributed by atoms with Crippen LogP contribution in [0.5, 0.6) is 5.75 Å². The van der Waals surface area contributed by atoms with Gasteiger partial charge in [0.25, 0.3) is 5.91 Å². The Balaban J connectivity index is 2.08. The fourth-order valence-corrected chi connectivity index (χ4v) is 2.48. The Hall–Kier alpha value is -1.53. The minimum Gasteiger partial charge on any atom is -0.506 e. The number of thiocarbonyl (C=S) groups is 1. The third-order valence-corrected chi connectivity index (χ3v) is 3.60. The average molecular weight is 376 g/mol. The molecule has 1 amide bonds. The van der Waals surface area contributed by atoms with E-state index >= 15 is 0 Å². The molecule has 0 spiro atoms. The van der Waals surface area contributed by atoms with Gasteiger partial charge in [-0.05, 0) is 48.6 Å². The van der Waals surface area contributed by atoms with Gasteiger partial charge in [0.2, 0.25) is 0 Å². The highest BCUT2D eigenvalue weighted by molar-refractivity contribution is 7.80. The smallest absolute Gasteiger partial charge is 0.258 e. The highest BCUT2D eigenvalue weighted by Gasteiger charge is 2.13. The van der Waals surface area contributed by atoms with Crippen molar-refractivity contribution in [2.75, 3.05) is 5.32 Å². The molecule has 0 aliphatic rings. The maximum absolute atomic E-state index is 12.1. The predicted molar refractivity (Wildman–Crippen MR) is 93.3 cm³/mol. The minimum atomic E-state index is -0.499. The number of phenols is 1. The summed E-state index contributed by atoms with van der Waals surface area (Å²) < 4.78 is 0. The molecule has 8 heteroatoms. The van der Waals surface area contributed by atoms with Crippen molar-refractivity contribution < 1.29 is 9.90 Å². The summed E-state index contributed by atoms with van der Waals surface area (Å²) in [5, 5.41) is 15.8. The number of rotatable bonds is 2. The molecule has 2 aromatic rings. The molecule has 0 aliphatic heterocycles. The number of aromatic hydroxyl groups is 1. The maximum Gasteiger partial charge on any atom is 0.258 e. The van der Waals surface area contributed by atoms with E-state index in [1.54, 1.807) is 6.07 Å². The molecule has 0 heterocycles. The number of halogens is 3. The van der Waals surface area contributed by atoms with E-state index in [1.807, 2.05) is 0 Å². The summed E-state index contributed by atoms with van der Waals surface area (Å²) in [5.74, 6) is -0.550. The second-order valence-corrected chi connectivity index (χ2v) is 5.88. The van der Waals surface area contributed by atoms with Gasteiger partial charge in [-0.15, -0.1) is 0 Å². The number of nitrogens with one attached hydrogen (secondary N) is 2. The lowest BCUT2D eigenvalue weighted by atomic mass is 10.2. The molecule has 0 atom stereocenters. The Kier molecular flexibility index (Phi) is 5.47. The van der Waals surface area contributed by atoms with Gasteiger partial charge in [0, 0.05) is 10.0 Å². The summed E-state index contributed by atoms with van der Waals surface area (Å²) in [6.07, 6.45) is 0. The molecule has 0 radical (unpaired) electrons. The molecule has 0 bridgehead atoms.